The molecule has 3 heterocycles. The van der Waals surface area contributed by atoms with Crippen LogP contribution in [0.15, 0.2) is 41.3 Å². The Balaban J connectivity index is 1.57. The van der Waals surface area contributed by atoms with E-state index in [1.165, 1.54) is 9.36 Å². The van der Waals surface area contributed by atoms with Crippen molar-refractivity contribution in [1.29, 1.82) is 0 Å². The first-order valence-corrected chi connectivity index (χ1v) is 9.33. The van der Waals surface area contributed by atoms with Crippen LogP contribution in [0.2, 0.25) is 5.02 Å². The molecule has 0 radical (unpaired) electrons. The number of benzene rings is 1. The molecule has 0 amide bonds. The van der Waals surface area contributed by atoms with Crippen molar-refractivity contribution in [1.82, 2.24) is 34.7 Å². The number of halogens is 1. The average molecular weight is 412 g/mol. The SMILES string of the molecule is Cc1ccnc2nc(C)n(Cc3nnn(CC(O)c4ccc(Cl)cc4)n3)c(=O)c12. The summed E-state index contributed by atoms with van der Waals surface area (Å²) in [4.78, 5) is 22.8. The van der Waals surface area contributed by atoms with E-state index in [4.69, 9.17) is 11.6 Å². The normalized spacial score (nSPS) is 12.4. The van der Waals surface area contributed by atoms with Crippen LogP contribution in [0.3, 0.4) is 0 Å². The predicted molar refractivity (Wildman–Crippen MR) is 107 cm³/mol. The fourth-order valence-electron chi connectivity index (χ4n) is 3.08. The number of hydrogen-bond donors (Lipinski definition) is 1. The van der Waals surface area contributed by atoms with Gasteiger partial charge in [-0.05, 0) is 48.4 Å². The van der Waals surface area contributed by atoms with Gasteiger partial charge in [0.15, 0.2) is 11.5 Å². The largest absolute Gasteiger partial charge is 0.386 e. The van der Waals surface area contributed by atoms with Gasteiger partial charge in [0.25, 0.3) is 5.56 Å². The van der Waals surface area contributed by atoms with Crippen molar-refractivity contribution in [2.45, 2.75) is 33.0 Å². The van der Waals surface area contributed by atoms with E-state index in [0.717, 1.165) is 5.56 Å². The molecule has 9 nitrogen and oxygen atoms in total. The first kappa shape index (κ1) is 19.2. The first-order valence-electron chi connectivity index (χ1n) is 8.95. The molecule has 3 aromatic heterocycles. The van der Waals surface area contributed by atoms with Gasteiger partial charge in [-0.15, -0.1) is 10.2 Å². The third kappa shape index (κ3) is 3.87. The quantitative estimate of drug-likeness (QED) is 0.533. The smallest absolute Gasteiger partial charge is 0.263 e. The van der Waals surface area contributed by atoms with Gasteiger partial charge < -0.3 is 5.11 Å². The second-order valence-electron chi connectivity index (χ2n) is 6.70. The molecule has 0 bridgehead atoms. The number of aliphatic hydroxyl groups excluding tert-OH is 1. The van der Waals surface area contributed by atoms with Crippen LogP contribution in [0.5, 0.6) is 0 Å². The standard InChI is InChI=1S/C19H18ClN7O2/c1-11-7-8-21-18-17(11)19(29)26(12(2)22-18)10-16-23-25-27(24-16)9-15(28)13-3-5-14(20)6-4-13/h3-8,15,28H,9-10H2,1-2H3. The highest BCUT2D eigenvalue weighted by atomic mass is 35.5. The highest BCUT2D eigenvalue weighted by molar-refractivity contribution is 6.30. The Morgan fingerprint density at radius 3 is 2.69 bits per heavy atom. The first-order chi connectivity index (χ1) is 13.9. The van der Waals surface area contributed by atoms with Crippen LogP contribution in [-0.2, 0) is 13.1 Å². The second-order valence-corrected chi connectivity index (χ2v) is 7.14. The zero-order valence-electron chi connectivity index (χ0n) is 15.8. The van der Waals surface area contributed by atoms with Crippen molar-refractivity contribution in [3.63, 3.8) is 0 Å². The second kappa shape index (κ2) is 7.69. The summed E-state index contributed by atoms with van der Waals surface area (Å²) >= 11 is 5.87. The minimum atomic E-state index is -0.810. The fraction of sp³-hybridized carbons (Fsp3) is 0.263. The molecule has 0 spiro atoms. The number of tetrazole rings is 1. The lowest BCUT2D eigenvalue weighted by atomic mass is 10.1. The maximum atomic E-state index is 12.9. The summed E-state index contributed by atoms with van der Waals surface area (Å²) in [5.41, 5.74) is 1.73. The molecule has 4 aromatic rings. The van der Waals surface area contributed by atoms with Gasteiger partial charge in [-0.1, -0.05) is 23.7 Å². The molecule has 1 aromatic carbocycles. The summed E-state index contributed by atoms with van der Waals surface area (Å²) in [7, 11) is 0. The average Bonchev–Trinajstić information content (AvgIpc) is 3.12. The highest BCUT2D eigenvalue weighted by Crippen LogP contribution is 2.17. The van der Waals surface area contributed by atoms with Gasteiger partial charge in [0.1, 0.15) is 11.9 Å². The molecule has 1 unspecified atom stereocenters. The lowest BCUT2D eigenvalue weighted by molar-refractivity contribution is 0.144. The van der Waals surface area contributed by atoms with Crippen molar-refractivity contribution in [3.05, 3.63) is 74.7 Å². The molecule has 0 saturated heterocycles. The Labute approximate surface area is 170 Å². The Kier molecular flexibility index (Phi) is 5.08. The summed E-state index contributed by atoms with van der Waals surface area (Å²) in [6.45, 7) is 3.83. The molecule has 1 atom stereocenters. The van der Waals surface area contributed by atoms with Crippen molar-refractivity contribution in [2.75, 3.05) is 0 Å². The molecule has 0 aliphatic rings. The molecule has 1 N–H and O–H groups in total. The van der Waals surface area contributed by atoms with Gasteiger partial charge in [0.05, 0.1) is 18.5 Å². The third-order valence-corrected chi connectivity index (χ3v) is 4.89. The number of aliphatic hydroxyl groups is 1. The molecule has 0 fully saturated rings. The van der Waals surface area contributed by atoms with E-state index in [1.54, 1.807) is 43.5 Å². The molecular formula is C19H18ClN7O2. The fourth-order valence-corrected chi connectivity index (χ4v) is 3.20. The van der Waals surface area contributed by atoms with Crippen LogP contribution in [0, 0.1) is 13.8 Å². The molecule has 0 aliphatic heterocycles. The van der Waals surface area contributed by atoms with Gasteiger partial charge >= 0.3 is 0 Å². The van der Waals surface area contributed by atoms with Crippen LogP contribution in [0.1, 0.15) is 28.9 Å². The molecular weight excluding hydrogens is 394 g/mol. The van der Waals surface area contributed by atoms with Gasteiger partial charge in [-0.3, -0.25) is 9.36 Å². The summed E-state index contributed by atoms with van der Waals surface area (Å²) in [6, 6.07) is 8.67. The number of hydrogen-bond acceptors (Lipinski definition) is 7. The molecule has 10 heteroatoms. The highest BCUT2D eigenvalue weighted by Gasteiger charge is 2.15. The molecule has 0 saturated carbocycles. The van der Waals surface area contributed by atoms with E-state index in [0.29, 0.717) is 33.3 Å². The lowest BCUT2D eigenvalue weighted by Crippen LogP contribution is -2.26. The van der Waals surface area contributed by atoms with Crippen molar-refractivity contribution < 1.29 is 5.11 Å². The van der Waals surface area contributed by atoms with Crippen molar-refractivity contribution in [2.24, 2.45) is 0 Å². The molecule has 148 valence electrons. The van der Waals surface area contributed by atoms with Crippen LogP contribution in [0.25, 0.3) is 11.0 Å². The monoisotopic (exact) mass is 411 g/mol. The van der Waals surface area contributed by atoms with Gasteiger partial charge in [-0.25, -0.2) is 9.97 Å². The number of aryl methyl sites for hydroxylation is 2. The zero-order valence-corrected chi connectivity index (χ0v) is 16.6. The Morgan fingerprint density at radius 2 is 1.93 bits per heavy atom. The van der Waals surface area contributed by atoms with E-state index >= 15 is 0 Å². The predicted octanol–water partition coefficient (Wildman–Crippen LogP) is 1.83. The minimum absolute atomic E-state index is 0.124. The Morgan fingerprint density at radius 1 is 1.17 bits per heavy atom. The van der Waals surface area contributed by atoms with E-state index in [2.05, 4.69) is 25.4 Å². The number of pyridine rings is 1. The van der Waals surface area contributed by atoms with Gasteiger partial charge in [0, 0.05) is 11.2 Å². The van der Waals surface area contributed by atoms with E-state index in [-0.39, 0.29) is 18.6 Å². The Hall–Kier alpha value is -3.17. The van der Waals surface area contributed by atoms with Crippen LogP contribution >= 0.6 is 11.6 Å². The summed E-state index contributed by atoms with van der Waals surface area (Å²) in [5.74, 6) is 0.861. The maximum absolute atomic E-state index is 12.9. The number of nitrogens with zero attached hydrogens (tertiary/aromatic N) is 7. The molecule has 29 heavy (non-hydrogen) atoms. The van der Waals surface area contributed by atoms with Crippen molar-refractivity contribution >= 4 is 22.6 Å². The Bertz CT molecular complexity index is 1230. The van der Waals surface area contributed by atoms with Gasteiger partial charge in [-0.2, -0.15) is 4.80 Å². The number of fused-ring (bicyclic) bond motifs is 1. The number of rotatable bonds is 5. The summed E-state index contributed by atoms with van der Waals surface area (Å²) < 4.78 is 1.49. The summed E-state index contributed by atoms with van der Waals surface area (Å²) in [6.07, 6.45) is 0.822. The lowest BCUT2D eigenvalue weighted by Gasteiger charge is -2.10. The number of aromatic nitrogens is 7. The van der Waals surface area contributed by atoms with E-state index in [9.17, 15) is 9.90 Å². The van der Waals surface area contributed by atoms with Crippen molar-refractivity contribution in [3.8, 4) is 0 Å². The van der Waals surface area contributed by atoms with Crippen LogP contribution < -0.4 is 5.56 Å². The van der Waals surface area contributed by atoms with Crippen LogP contribution in [0.4, 0.5) is 0 Å². The summed E-state index contributed by atoms with van der Waals surface area (Å²) in [5, 5.41) is 23.7. The van der Waals surface area contributed by atoms with Crippen LogP contribution in [-0.4, -0.2) is 39.8 Å². The van der Waals surface area contributed by atoms with E-state index in [1.807, 2.05) is 6.92 Å². The molecule has 4 rings (SSSR count). The van der Waals surface area contributed by atoms with Gasteiger partial charge in [0.2, 0.25) is 0 Å². The van der Waals surface area contributed by atoms with E-state index < -0.39 is 6.10 Å². The molecule has 0 aliphatic carbocycles. The third-order valence-electron chi connectivity index (χ3n) is 4.64. The topological polar surface area (TPSA) is 112 Å². The zero-order chi connectivity index (χ0) is 20.5. The maximum Gasteiger partial charge on any atom is 0.263 e. The minimum Gasteiger partial charge on any atom is -0.386 e.